The number of esters is 4. The average Bonchev–Trinajstić information content (AvgIpc) is 2.70. The molecule has 1 aliphatic rings. The van der Waals surface area contributed by atoms with E-state index in [9.17, 15) is 19.2 Å². The molecular formula is C22H36O9. The molecule has 9 heteroatoms. The molecule has 31 heavy (non-hydrogen) atoms. The van der Waals surface area contributed by atoms with Crippen LogP contribution in [0, 0.1) is 0 Å². The molecule has 0 radical (unpaired) electrons. The second-order valence-electron chi connectivity index (χ2n) is 7.49. The van der Waals surface area contributed by atoms with Crippen LogP contribution in [0.1, 0.15) is 79.1 Å². The lowest BCUT2D eigenvalue weighted by Gasteiger charge is -2.40. The SMILES string of the molecule is CCCC(=O)OC[C@H]1OC[C@@H](OC(=O)CCC)[C@H](OC(=O)CCC)[C@@H]1OC(=O)CCC. The van der Waals surface area contributed by atoms with Crippen LogP contribution >= 0.6 is 0 Å². The van der Waals surface area contributed by atoms with Crippen molar-refractivity contribution in [3.05, 3.63) is 0 Å². The Labute approximate surface area is 184 Å². The first-order valence-electron chi connectivity index (χ1n) is 11.2. The minimum Gasteiger partial charge on any atom is -0.463 e. The largest absolute Gasteiger partial charge is 0.463 e. The monoisotopic (exact) mass is 444 g/mol. The summed E-state index contributed by atoms with van der Waals surface area (Å²) in [5, 5.41) is 0. The molecule has 0 aromatic carbocycles. The third-order valence-electron chi connectivity index (χ3n) is 4.57. The van der Waals surface area contributed by atoms with Crippen LogP contribution < -0.4 is 0 Å². The van der Waals surface area contributed by atoms with E-state index in [1.165, 1.54) is 0 Å². The van der Waals surface area contributed by atoms with E-state index in [1.54, 1.807) is 0 Å². The fourth-order valence-corrected chi connectivity index (χ4v) is 3.07. The Bertz CT molecular complexity index is 590. The summed E-state index contributed by atoms with van der Waals surface area (Å²) < 4.78 is 27.6. The lowest BCUT2D eigenvalue weighted by atomic mass is 9.99. The smallest absolute Gasteiger partial charge is 0.306 e. The second-order valence-corrected chi connectivity index (χ2v) is 7.49. The van der Waals surface area contributed by atoms with Crippen molar-refractivity contribution in [2.45, 2.75) is 103 Å². The van der Waals surface area contributed by atoms with E-state index in [0.29, 0.717) is 25.7 Å². The highest BCUT2D eigenvalue weighted by Gasteiger charge is 2.47. The average molecular weight is 445 g/mol. The zero-order chi connectivity index (χ0) is 23.2. The van der Waals surface area contributed by atoms with Gasteiger partial charge in [-0.3, -0.25) is 19.2 Å². The summed E-state index contributed by atoms with van der Waals surface area (Å²) in [7, 11) is 0. The van der Waals surface area contributed by atoms with Crippen molar-refractivity contribution >= 4 is 23.9 Å². The van der Waals surface area contributed by atoms with Gasteiger partial charge >= 0.3 is 23.9 Å². The molecule has 9 nitrogen and oxygen atoms in total. The Morgan fingerprint density at radius 3 is 1.65 bits per heavy atom. The maximum absolute atomic E-state index is 12.3. The van der Waals surface area contributed by atoms with Gasteiger partial charge in [-0.25, -0.2) is 0 Å². The van der Waals surface area contributed by atoms with Gasteiger partial charge in [0.2, 0.25) is 0 Å². The molecular weight excluding hydrogens is 408 g/mol. The molecule has 1 aliphatic heterocycles. The zero-order valence-corrected chi connectivity index (χ0v) is 19.1. The lowest BCUT2D eigenvalue weighted by molar-refractivity contribution is -0.233. The highest BCUT2D eigenvalue weighted by molar-refractivity contribution is 5.72. The summed E-state index contributed by atoms with van der Waals surface area (Å²) in [4.78, 5) is 48.4. The molecule has 0 spiro atoms. The number of ether oxygens (including phenoxy) is 5. The molecule has 0 aromatic rings. The van der Waals surface area contributed by atoms with Gasteiger partial charge in [0.05, 0.1) is 6.61 Å². The van der Waals surface area contributed by atoms with Crippen molar-refractivity contribution in [1.82, 2.24) is 0 Å². The molecule has 0 unspecified atom stereocenters. The van der Waals surface area contributed by atoms with Gasteiger partial charge in [-0.2, -0.15) is 0 Å². The highest BCUT2D eigenvalue weighted by atomic mass is 16.7. The summed E-state index contributed by atoms with van der Waals surface area (Å²) in [6, 6.07) is 0. The summed E-state index contributed by atoms with van der Waals surface area (Å²) in [5.41, 5.74) is 0. The normalized spacial score (nSPS) is 23.0. The minimum absolute atomic E-state index is 0.0721. The van der Waals surface area contributed by atoms with Crippen molar-refractivity contribution in [3.8, 4) is 0 Å². The predicted octanol–water partition coefficient (Wildman–Crippen LogP) is 2.86. The predicted molar refractivity (Wildman–Crippen MR) is 110 cm³/mol. The summed E-state index contributed by atoms with van der Waals surface area (Å²) >= 11 is 0. The van der Waals surface area contributed by atoms with Crippen LogP contribution in [-0.2, 0) is 42.9 Å². The number of hydrogen-bond acceptors (Lipinski definition) is 9. The highest BCUT2D eigenvalue weighted by Crippen LogP contribution is 2.26. The third-order valence-corrected chi connectivity index (χ3v) is 4.57. The zero-order valence-electron chi connectivity index (χ0n) is 19.1. The van der Waals surface area contributed by atoms with E-state index < -0.39 is 48.3 Å². The van der Waals surface area contributed by atoms with Gasteiger partial charge in [0.1, 0.15) is 12.7 Å². The first-order valence-corrected chi connectivity index (χ1v) is 11.2. The van der Waals surface area contributed by atoms with E-state index in [2.05, 4.69) is 0 Å². The molecule has 1 saturated heterocycles. The van der Waals surface area contributed by atoms with E-state index in [1.807, 2.05) is 27.7 Å². The molecule has 178 valence electrons. The maximum atomic E-state index is 12.3. The molecule has 0 aromatic heterocycles. The Morgan fingerprint density at radius 2 is 1.13 bits per heavy atom. The van der Waals surface area contributed by atoms with Crippen molar-refractivity contribution in [2.75, 3.05) is 13.2 Å². The van der Waals surface area contributed by atoms with Gasteiger partial charge in [0.15, 0.2) is 18.3 Å². The van der Waals surface area contributed by atoms with Crippen LogP contribution in [0.25, 0.3) is 0 Å². The van der Waals surface area contributed by atoms with Gasteiger partial charge in [-0.15, -0.1) is 0 Å². The molecule has 0 N–H and O–H groups in total. The van der Waals surface area contributed by atoms with Gasteiger partial charge in [0.25, 0.3) is 0 Å². The van der Waals surface area contributed by atoms with Crippen LogP contribution in [0.5, 0.6) is 0 Å². The molecule has 1 fully saturated rings. The Kier molecular flexibility index (Phi) is 12.8. The molecule has 0 saturated carbocycles. The van der Waals surface area contributed by atoms with Crippen LogP contribution in [0.2, 0.25) is 0 Å². The minimum atomic E-state index is -1.07. The van der Waals surface area contributed by atoms with Crippen LogP contribution in [0.15, 0.2) is 0 Å². The molecule has 0 bridgehead atoms. The fourth-order valence-electron chi connectivity index (χ4n) is 3.07. The molecule has 1 rings (SSSR count). The first-order chi connectivity index (χ1) is 14.9. The van der Waals surface area contributed by atoms with Gasteiger partial charge < -0.3 is 23.7 Å². The quantitative estimate of drug-likeness (QED) is 0.312. The van der Waals surface area contributed by atoms with Crippen LogP contribution in [0.3, 0.4) is 0 Å². The van der Waals surface area contributed by atoms with E-state index in [-0.39, 0.29) is 38.9 Å². The maximum Gasteiger partial charge on any atom is 0.306 e. The molecule has 0 aliphatic carbocycles. The van der Waals surface area contributed by atoms with Crippen molar-refractivity contribution < 1.29 is 42.9 Å². The van der Waals surface area contributed by atoms with E-state index in [0.717, 1.165) is 0 Å². The Hall–Kier alpha value is -2.16. The molecule has 4 atom stereocenters. The summed E-state index contributed by atoms with van der Waals surface area (Å²) in [5.74, 6) is -1.86. The first kappa shape index (κ1) is 26.9. The second kappa shape index (κ2) is 14.8. The standard InChI is InChI=1S/C22H36O9/c1-5-9-17(23)28-13-15-21(30-19(25)11-7-3)22(31-20(26)12-8-4)16(14-27-15)29-18(24)10-6-2/h15-16,21-22H,5-14H2,1-4H3/t15-,16-,21-,22+/m1/s1. The fraction of sp³-hybridized carbons (Fsp3) is 0.818. The van der Waals surface area contributed by atoms with Crippen LogP contribution in [0.4, 0.5) is 0 Å². The number of hydrogen-bond donors (Lipinski definition) is 0. The topological polar surface area (TPSA) is 114 Å². The number of carbonyl (C=O) groups is 4. The number of rotatable bonds is 13. The lowest BCUT2D eigenvalue weighted by Crippen LogP contribution is -2.59. The molecule has 0 amide bonds. The Balaban J connectivity index is 3.08. The van der Waals surface area contributed by atoms with Crippen molar-refractivity contribution in [1.29, 1.82) is 0 Å². The third kappa shape index (κ3) is 9.67. The summed E-state index contributed by atoms with van der Waals surface area (Å²) in [6.07, 6.45) is -0.755. The van der Waals surface area contributed by atoms with E-state index >= 15 is 0 Å². The number of carbonyl (C=O) groups excluding carboxylic acids is 4. The van der Waals surface area contributed by atoms with Crippen LogP contribution in [-0.4, -0.2) is 61.5 Å². The van der Waals surface area contributed by atoms with Gasteiger partial charge in [0, 0.05) is 25.7 Å². The van der Waals surface area contributed by atoms with Gasteiger partial charge in [-0.1, -0.05) is 27.7 Å². The Morgan fingerprint density at radius 1 is 0.677 bits per heavy atom. The van der Waals surface area contributed by atoms with Crippen molar-refractivity contribution in [3.63, 3.8) is 0 Å². The summed E-state index contributed by atoms with van der Waals surface area (Å²) in [6.45, 7) is 7.12. The van der Waals surface area contributed by atoms with Crippen molar-refractivity contribution in [2.24, 2.45) is 0 Å². The van der Waals surface area contributed by atoms with E-state index in [4.69, 9.17) is 23.7 Å². The van der Waals surface area contributed by atoms with Gasteiger partial charge in [-0.05, 0) is 25.7 Å². The molecule has 1 heterocycles.